The second-order valence-electron chi connectivity index (χ2n) is 2.85. The molecule has 4 nitrogen and oxygen atoms in total. The van der Waals surface area contributed by atoms with E-state index in [0.717, 1.165) is 10.8 Å². The summed E-state index contributed by atoms with van der Waals surface area (Å²) in [7, 11) is 0. The summed E-state index contributed by atoms with van der Waals surface area (Å²) in [5.74, 6) is 0.0823. The Balaban J connectivity index is 3.27. The third-order valence-corrected chi connectivity index (χ3v) is 2.39. The normalized spacial score (nSPS) is 9.57. The van der Waals surface area contributed by atoms with E-state index >= 15 is 0 Å². The first kappa shape index (κ1) is 13.7. The first-order chi connectivity index (χ1) is 6.70. The number of carbonyl (C=O) groups is 2. The quantitative estimate of drug-likeness (QED) is 0.416. The van der Waals surface area contributed by atoms with Gasteiger partial charge in [-0.05, 0) is 6.42 Å². The van der Waals surface area contributed by atoms with E-state index in [2.05, 4.69) is 33.2 Å². The molecule has 0 spiro atoms. The highest BCUT2D eigenvalue weighted by molar-refractivity contribution is 14.1. The summed E-state index contributed by atoms with van der Waals surface area (Å²) in [4.78, 5) is 21.9. The van der Waals surface area contributed by atoms with Crippen molar-refractivity contribution in [3.05, 3.63) is 0 Å². The highest BCUT2D eigenvalue weighted by Gasteiger charge is 1.99. The molecule has 0 saturated heterocycles. The largest absolute Gasteiger partial charge is 0.354 e. The monoisotopic (exact) mass is 312 g/mol. The molecular formula is C9H17IN2O2. The lowest BCUT2D eigenvalue weighted by Crippen LogP contribution is -2.34. The van der Waals surface area contributed by atoms with Crippen molar-refractivity contribution in [2.75, 3.05) is 17.5 Å². The fourth-order valence-corrected chi connectivity index (χ4v) is 1.23. The minimum absolute atomic E-state index is 0.0199. The van der Waals surface area contributed by atoms with E-state index < -0.39 is 0 Å². The van der Waals surface area contributed by atoms with Crippen molar-refractivity contribution in [1.82, 2.24) is 10.6 Å². The van der Waals surface area contributed by atoms with Crippen LogP contribution < -0.4 is 10.6 Å². The van der Waals surface area contributed by atoms with Gasteiger partial charge in [-0.2, -0.15) is 0 Å². The molecule has 0 fully saturated rings. The van der Waals surface area contributed by atoms with Gasteiger partial charge in [0, 0.05) is 30.4 Å². The molecule has 0 aromatic rings. The molecule has 0 saturated carbocycles. The number of amides is 2. The number of hydrogen-bond donors (Lipinski definition) is 2. The lowest BCUT2D eigenvalue weighted by molar-refractivity contribution is -0.122. The molecule has 0 unspecified atom stereocenters. The molecule has 82 valence electrons. The molecule has 0 heterocycles. The Morgan fingerprint density at radius 1 is 1.14 bits per heavy atom. The van der Waals surface area contributed by atoms with Crippen LogP contribution in [0.1, 0.15) is 26.2 Å². The van der Waals surface area contributed by atoms with Crippen LogP contribution in [-0.2, 0) is 9.59 Å². The van der Waals surface area contributed by atoms with Gasteiger partial charge in [-0.15, -0.1) is 0 Å². The van der Waals surface area contributed by atoms with Crippen molar-refractivity contribution < 1.29 is 9.59 Å². The van der Waals surface area contributed by atoms with Gasteiger partial charge in [0.05, 0.1) is 0 Å². The van der Waals surface area contributed by atoms with E-state index in [-0.39, 0.29) is 11.8 Å². The van der Waals surface area contributed by atoms with Crippen LogP contribution in [0.2, 0.25) is 0 Å². The molecular weight excluding hydrogens is 295 g/mol. The van der Waals surface area contributed by atoms with Gasteiger partial charge in [0.2, 0.25) is 11.8 Å². The highest BCUT2D eigenvalue weighted by atomic mass is 127. The maximum atomic E-state index is 11.1. The van der Waals surface area contributed by atoms with E-state index in [0.29, 0.717) is 25.9 Å². The van der Waals surface area contributed by atoms with Gasteiger partial charge in [-0.3, -0.25) is 9.59 Å². The van der Waals surface area contributed by atoms with Gasteiger partial charge < -0.3 is 10.6 Å². The SMILES string of the molecule is CCC(=O)NCCNC(=O)CCCI. The summed E-state index contributed by atoms with van der Waals surface area (Å²) in [5, 5.41) is 5.43. The third-order valence-electron chi connectivity index (χ3n) is 1.63. The number of carbonyl (C=O) groups excluding carboxylic acids is 2. The molecule has 0 aromatic heterocycles. The zero-order chi connectivity index (χ0) is 10.8. The summed E-state index contributed by atoms with van der Waals surface area (Å²) in [6.45, 7) is 2.84. The number of alkyl halides is 1. The second kappa shape index (κ2) is 9.23. The fraction of sp³-hybridized carbons (Fsp3) is 0.778. The topological polar surface area (TPSA) is 58.2 Å². The second-order valence-corrected chi connectivity index (χ2v) is 3.92. The van der Waals surface area contributed by atoms with Gasteiger partial charge in [0.1, 0.15) is 0 Å². The standard InChI is InChI=1S/C9H17IN2O2/c1-2-8(13)11-6-7-12-9(14)4-3-5-10/h2-7H2,1H3,(H,11,13)(H,12,14). The average Bonchev–Trinajstić information content (AvgIpc) is 2.21. The zero-order valence-corrected chi connectivity index (χ0v) is 10.6. The third kappa shape index (κ3) is 8.28. The Labute approximate surface area is 98.3 Å². The van der Waals surface area contributed by atoms with Crippen LogP contribution >= 0.6 is 22.6 Å². The zero-order valence-electron chi connectivity index (χ0n) is 8.44. The molecule has 0 aliphatic heterocycles. The van der Waals surface area contributed by atoms with Crippen molar-refractivity contribution in [2.24, 2.45) is 0 Å². The van der Waals surface area contributed by atoms with E-state index in [4.69, 9.17) is 0 Å². The van der Waals surface area contributed by atoms with Gasteiger partial charge >= 0.3 is 0 Å². The van der Waals surface area contributed by atoms with Gasteiger partial charge in [0.25, 0.3) is 0 Å². The van der Waals surface area contributed by atoms with Crippen molar-refractivity contribution >= 4 is 34.4 Å². The van der Waals surface area contributed by atoms with E-state index in [1.54, 1.807) is 6.92 Å². The Morgan fingerprint density at radius 3 is 2.21 bits per heavy atom. The molecule has 0 aromatic carbocycles. The minimum Gasteiger partial charge on any atom is -0.354 e. The maximum Gasteiger partial charge on any atom is 0.220 e. The summed E-state index contributed by atoms with van der Waals surface area (Å²) in [6, 6.07) is 0. The molecule has 2 N–H and O–H groups in total. The van der Waals surface area contributed by atoms with Gasteiger partial charge in [-0.1, -0.05) is 29.5 Å². The van der Waals surface area contributed by atoms with E-state index in [9.17, 15) is 9.59 Å². The number of nitrogens with one attached hydrogen (secondary N) is 2. The van der Waals surface area contributed by atoms with Crippen LogP contribution in [0.15, 0.2) is 0 Å². The summed E-state index contributed by atoms with van der Waals surface area (Å²) >= 11 is 2.24. The van der Waals surface area contributed by atoms with Crippen molar-refractivity contribution in [1.29, 1.82) is 0 Å². The Morgan fingerprint density at radius 2 is 1.71 bits per heavy atom. The highest BCUT2D eigenvalue weighted by Crippen LogP contribution is 1.93. The lowest BCUT2D eigenvalue weighted by atomic mass is 10.3. The molecule has 5 heteroatoms. The predicted octanol–water partition coefficient (Wildman–Crippen LogP) is 0.844. The smallest absolute Gasteiger partial charge is 0.220 e. The van der Waals surface area contributed by atoms with Crippen LogP contribution in [0.3, 0.4) is 0 Å². The summed E-state index contributed by atoms with van der Waals surface area (Å²) < 4.78 is 0.998. The van der Waals surface area contributed by atoms with Crippen LogP contribution in [-0.4, -0.2) is 29.3 Å². The van der Waals surface area contributed by atoms with Gasteiger partial charge in [0.15, 0.2) is 0 Å². The molecule has 0 atom stereocenters. The molecule has 0 bridgehead atoms. The summed E-state index contributed by atoms with van der Waals surface area (Å²) in [6.07, 6.45) is 1.97. The molecule has 0 radical (unpaired) electrons. The molecule has 0 aliphatic rings. The van der Waals surface area contributed by atoms with Crippen LogP contribution in [0.5, 0.6) is 0 Å². The summed E-state index contributed by atoms with van der Waals surface area (Å²) in [5.41, 5.74) is 0. The number of rotatable bonds is 7. The molecule has 14 heavy (non-hydrogen) atoms. The number of halogens is 1. The van der Waals surface area contributed by atoms with Crippen LogP contribution in [0.25, 0.3) is 0 Å². The average molecular weight is 312 g/mol. The number of hydrogen-bond acceptors (Lipinski definition) is 2. The first-order valence-corrected chi connectivity index (χ1v) is 6.32. The molecule has 0 aliphatic carbocycles. The Kier molecular flexibility index (Phi) is 9.02. The van der Waals surface area contributed by atoms with Crippen LogP contribution in [0, 0.1) is 0 Å². The fourth-order valence-electron chi connectivity index (χ4n) is 0.845. The van der Waals surface area contributed by atoms with Crippen molar-refractivity contribution in [2.45, 2.75) is 26.2 Å². The lowest BCUT2D eigenvalue weighted by Gasteiger charge is -2.05. The molecule has 2 amide bonds. The van der Waals surface area contributed by atoms with Crippen LogP contribution in [0.4, 0.5) is 0 Å². The van der Waals surface area contributed by atoms with E-state index in [1.807, 2.05) is 0 Å². The Hall–Kier alpha value is -0.330. The van der Waals surface area contributed by atoms with Crippen molar-refractivity contribution in [3.8, 4) is 0 Å². The maximum absolute atomic E-state index is 11.1. The predicted molar refractivity (Wildman–Crippen MR) is 64.4 cm³/mol. The Bertz CT molecular complexity index is 186. The van der Waals surface area contributed by atoms with Gasteiger partial charge in [-0.25, -0.2) is 0 Å². The van der Waals surface area contributed by atoms with Crippen molar-refractivity contribution in [3.63, 3.8) is 0 Å². The van der Waals surface area contributed by atoms with E-state index in [1.165, 1.54) is 0 Å². The molecule has 0 rings (SSSR count). The first-order valence-electron chi connectivity index (χ1n) is 4.80. The minimum atomic E-state index is 0.0199.